The van der Waals surface area contributed by atoms with Crippen molar-refractivity contribution in [2.45, 2.75) is 32.0 Å². The summed E-state index contributed by atoms with van der Waals surface area (Å²) >= 11 is 0. The van der Waals surface area contributed by atoms with Gasteiger partial charge in [-0.15, -0.1) is 0 Å². The molecule has 1 unspecified atom stereocenters. The third kappa shape index (κ3) is 2.79. The molecule has 19 heavy (non-hydrogen) atoms. The first-order valence-electron chi connectivity index (χ1n) is 6.87. The summed E-state index contributed by atoms with van der Waals surface area (Å²) in [5, 5.41) is 0. The van der Waals surface area contributed by atoms with E-state index in [4.69, 9.17) is 10.5 Å². The highest BCUT2D eigenvalue weighted by molar-refractivity contribution is 5.40. The molecule has 2 aromatic rings. The number of rotatable bonds is 3. The molecule has 2 heteroatoms. The topological polar surface area (TPSA) is 35.2 Å². The molecule has 0 radical (unpaired) electrons. The van der Waals surface area contributed by atoms with E-state index >= 15 is 0 Å². The number of nitrogen functional groups attached to an aromatic ring is 1. The maximum absolute atomic E-state index is 6.09. The average molecular weight is 253 g/mol. The van der Waals surface area contributed by atoms with Gasteiger partial charge in [0, 0.05) is 5.69 Å². The van der Waals surface area contributed by atoms with Crippen LogP contribution in [0.1, 0.15) is 35.6 Å². The van der Waals surface area contributed by atoms with E-state index in [1.807, 2.05) is 18.2 Å². The van der Waals surface area contributed by atoms with Crippen LogP contribution in [0, 0.1) is 0 Å². The van der Waals surface area contributed by atoms with Gasteiger partial charge < -0.3 is 10.5 Å². The Morgan fingerprint density at radius 3 is 2.89 bits per heavy atom. The van der Waals surface area contributed by atoms with Crippen molar-refractivity contribution in [1.82, 2.24) is 0 Å². The second kappa shape index (κ2) is 5.45. The van der Waals surface area contributed by atoms with Crippen molar-refractivity contribution in [3.8, 4) is 0 Å². The minimum Gasteiger partial charge on any atom is -0.399 e. The molecular weight excluding hydrogens is 234 g/mol. The molecule has 1 aliphatic rings. The number of fused-ring (bicyclic) bond motifs is 1. The van der Waals surface area contributed by atoms with E-state index < -0.39 is 0 Å². The van der Waals surface area contributed by atoms with Crippen LogP contribution >= 0.6 is 0 Å². The molecule has 1 atom stereocenters. The van der Waals surface area contributed by atoms with E-state index in [1.165, 1.54) is 24.0 Å². The van der Waals surface area contributed by atoms with Crippen molar-refractivity contribution in [3.05, 3.63) is 65.2 Å². The summed E-state index contributed by atoms with van der Waals surface area (Å²) in [6.07, 6.45) is 3.72. The standard InChI is InChI=1S/C17H19NO/c18-15-8-3-5-13(11-15)12-19-17-10-4-7-14-6-1-2-9-16(14)17/h1-3,5-6,8-9,11,17H,4,7,10,12,18H2. The molecule has 98 valence electrons. The van der Waals surface area contributed by atoms with Crippen LogP contribution in [0.2, 0.25) is 0 Å². The maximum atomic E-state index is 6.09. The van der Waals surface area contributed by atoms with Crippen molar-refractivity contribution in [2.75, 3.05) is 5.73 Å². The molecule has 0 aromatic heterocycles. The van der Waals surface area contributed by atoms with Crippen LogP contribution in [0.25, 0.3) is 0 Å². The fraction of sp³-hybridized carbons (Fsp3) is 0.294. The molecule has 0 saturated carbocycles. The molecule has 2 N–H and O–H groups in total. The Bertz CT molecular complexity index is 565. The van der Waals surface area contributed by atoms with Crippen LogP contribution in [-0.2, 0) is 17.8 Å². The Hall–Kier alpha value is -1.80. The summed E-state index contributed by atoms with van der Waals surface area (Å²) < 4.78 is 6.09. The van der Waals surface area contributed by atoms with Gasteiger partial charge in [0.15, 0.2) is 0 Å². The van der Waals surface area contributed by atoms with Gasteiger partial charge in [0.2, 0.25) is 0 Å². The van der Waals surface area contributed by atoms with Crippen molar-refractivity contribution in [2.24, 2.45) is 0 Å². The molecule has 2 nitrogen and oxygen atoms in total. The van der Waals surface area contributed by atoms with Crippen molar-refractivity contribution in [1.29, 1.82) is 0 Å². The number of benzene rings is 2. The lowest BCUT2D eigenvalue weighted by Crippen LogP contribution is -2.12. The number of ether oxygens (including phenoxy) is 1. The highest BCUT2D eigenvalue weighted by Gasteiger charge is 2.20. The number of hydrogen-bond acceptors (Lipinski definition) is 2. The van der Waals surface area contributed by atoms with Gasteiger partial charge in [-0.2, -0.15) is 0 Å². The predicted molar refractivity (Wildman–Crippen MR) is 77.8 cm³/mol. The van der Waals surface area contributed by atoms with Gasteiger partial charge in [-0.25, -0.2) is 0 Å². The largest absolute Gasteiger partial charge is 0.399 e. The Kier molecular flexibility index (Phi) is 3.51. The van der Waals surface area contributed by atoms with Crippen LogP contribution in [0.5, 0.6) is 0 Å². The Labute approximate surface area is 114 Å². The zero-order chi connectivity index (χ0) is 13.1. The van der Waals surface area contributed by atoms with Gasteiger partial charge in [-0.1, -0.05) is 36.4 Å². The van der Waals surface area contributed by atoms with Crippen LogP contribution in [0.4, 0.5) is 5.69 Å². The van der Waals surface area contributed by atoms with E-state index in [1.54, 1.807) is 0 Å². The molecule has 1 aliphatic carbocycles. The molecular formula is C17H19NO. The van der Waals surface area contributed by atoms with Crippen LogP contribution in [0.15, 0.2) is 48.5 Å². The first-order chi connectivity index (χ1) is 9.33. The van der Waals surface area contributed by atoms with Gasteiger partial charge >= 0.3 is 0 Å². The van der Waals surface area contributed by atoms with Gasteiger partial charge in [-0.05, 0) is 48.1 Å². The lowest BCUT2D eigenvalue weighted by atomic mass is 9.89. The first-order valence-corrected chi connectivity index (χ1v) is 6.87. The molecule has 0 saturated heterocycles. The van der Waals surface area contributed by atoms with Crippen molar-refractivity contribution < 1.29 is 4.74 Å². The predicted octanol–water partition coefficient (Wildman–Crippen LogP) is 3.86. The molecule has 0 spiro atoms. The first kappa shape index (κ1) is 12.2. The lowest BCUT2D eigenvalue weighted by molar-refractivity contribution is 0.0283. The molecule has 0 aliphatic heterocycles. The van der Waals surface area contributed by atoms with E-state index in [0.717, 1.165) is 17.7 Å². The van der Waals surface area contributed by atoms with E-state index in [0.29, 0.717) is 6.61 Å². The fourth-order valence-electron chi connectivity index (χ4n) is 2.76. The average Bonchev–Trinajstić information content (AvgIpc) is 2.45. The highest BCUT2D eigenvalue weighted by Crippen LogP contribution is 2.32. The molecule has 0 bridgehead atoms. The SMILES string of the molecule is Nc1cccc(COC2CCCc3ccccc32)c1. The molecule has 3 rings (SSSR count). The third-order valence-corrected chi connectivity index (χ3v) is 3.72. The van der Waals surface area contributed by atoms with Crippen LogP contribution in [0.3, 0.4) is 0 Å². The Morgan fingerprint density at radius 1 is 1.11 bits per heavy atom. The van der Waals surface area contributed by atoms with Gasteiger partial charge in [0.25, 0.3) is 0 Å². The van der Waals surface area contributed by atoms with E-state index in [2.05, 4.69) is 30.3 Å². The zero-order valence-electron chi connectivity index (χ0n) is 11.0. The summed E-state index contributed by atoms with van der Waals surface area (Å²) in [4.78, 5) is 0. The monoisotopic (exact) mass is 253 g/mol. The lowest BCUT2D eigenvalue weighted by Gasteiger charge is -2.25. The minimum absolute atomic E-state index is 0.228. The van der Waals surface area contributed by atoms with Crippen molar-refractivity contribution >= 4 is 5.69 Å². The van der Waals surface area contributed by atoms with Crippen LogP contribution < -0.4 is 5.73 Å². The van der Waals surface area contributed by atoms with E-state index in [9.17, 15) is 0 Å². The summed E-state index contributed by atoms with van der Waals surface area (Å²) in [5.41, 5.74) is 10.5. The number of hydrogen-bond donors (Lipinski definition) is 1. The van der Waals surface area contributed by atoms with Gasteiger partial charge in [0.05, 0.1) is 12.7 Å². The summed E-state index contributed by atoms with van der Waals surface area (Å²) in [6.45, 7) is 0.629. The number of anilines is 1. The van der Waals surface area contributed by atoms with Crippen molar-refractivity contribution in [3.63, 3.8) is 0 Å². The fourth-order valence-corrected chi connectivity index (χ4v) is 2.76. The minimum atomic E-state index is 0.228. The van der Waals surface area contributed by atoms with E-state index in [-0.39, 0.29) is 6.10 Å². The molecule has 0 amide bonds. The normalized spacial score (nSPS) is 18.0. The second-order valence-corrected chi connectivity index (χ2v) is 5.14. The quantitative estimate of drug-likeness (QED) is 0.843. The smallest absolute Gasteiger partial charge is 0.0832 e. The third-order valence-electron chi connectivity index (χ3n) is 3.72. The van der Waals surface area contributed by atoms with Crippen LogP contribution in [-0.4, -0.2) is 0 Å². The number of aryl methyl sites for hydroxylation is 1. The van der Waals surface area contributed by atoms with Gasteiger partial charge in [-0.3, -0.25) is 0 Å². The molecule has 0 fully saturated rings. The highest BCUT2D eigenvalue weighted by atomic mass is 16.5. The maximum Gasteiger partial charge on any atom is 0.0832 e. The Balaban J connectivity index is 1.71. The van der Waals surface area contributed by atoms with Gasteiger partial charge in [0.1, 0.15) is 0 Å². The molecule has 2 aromatic carbocycles. The second-order valence-electron chi connectivity index (χ2n) is 5.14. The summed E-state index contributed by atoms with van der Waals surface area (Å²) in [7, 11) is 0. The summed E-state index contributed by atoms with van der Waals surface area (Å²) in [5.74, 6) is 0. The number of nitrogens with two attached hydrogens (primary N) is 1. The molecule has 0 heterocycles. The summed E-state index contributed by atoms with van der Waals surface area (Å²) in [6, 6.07) is 16.5. The Morgan fingerprint density at radius 2 is 2.00 bits per heavy atom. The zero-order valence-corrected chi connectivity index (χ0v) is 11.0.